The maximum absolute atomic E-state index is 9.59. The molecule has 0 saturated heterocycles. The zero-order valence-corrected chi connectivity index (χ0v) is 8.28. The van der Waals surface area contributed by atoms with Crippen molar-refractivity contribution in [1.82, 2.24) is 0 Å². The molecule has 0 bridgehead atoms. The highest BCUT2D eigenvalue weighted by Gasteiger charge is 2.10. The summed E-state index contributed by atoms with van der Waals surface area (Å²) in [5.41, 5.74) is 0.867. The van der Waals surface area contributed by atoms with Crippen LogP contribution in [-0.4, -0.2) is 19.3 Å². The maximum atomic E-state index is 9.59. The number of phenolic OH excluding ortho intramolecular Hbond substituents is 1. The third-order valence-electron chi connectivity index (χ3n) is 1.81. The lowest BCUT2D eigenvalue weighted by molar-refractivity contribution is 0.339. The van der Waals surface area contributed by atoms with Gasteiger partial charge in [-0.25, -0.2) is 0 Å². The normalized spacial score (nSPS) is 9.57. The Hall–Kier alpha value is -1.64. The summed E-state index contributed by atoms with van der Waals surface area (Å²) >= 11 is 0. The predicted molar refractivity (Wildman–Crippen MR) is 54.8 cm³/mol. The van der Waals surface area contributed by atoms with Crippen LogP contribution in [-0.2, 0) is 0 Å². The van der Waals surface area contributed by atoms with Crippen molar-refractivity contribution in [3.63, 3.8) is 0 Å². The number of rotatable bonds is 4. The monoisotopic (exact) mass is 193 g/mol. The highest BCUT2D eigenvalue weighted by molar-refractivity contribution is 5.54. The van der Waals surface area contributed by atoms with Gasteiger partial charge < -0.3 is 14.6 Å². The van der Waals surface area contributed by atoms with Crippen molar-refractivity contribution in [2.45, 2.75) is 0 Å². The Labute approximate surface area is 83.6 Å². The summed E-state index contributed by atoms with van der Waals surface area (Å²) in [5, 5.41) is 9.59. The quantitative estimate of drug-likeness (QED) is 0.796. The van der Waals surface area contributed by atoms with Crippen LogP contribution in [0.15, 0.2) is 24.8 Å². The molecular formula is C11H13O3. The van der Waals surface area contributed by atoms with Crippen LogP contribution in [0, 0.1) is 6.42 Å². The molecule has 14 heavy (non-hydrogen) atoms. The van der Waals surface area contributed by atoms with E-state index in [2.05, 4.69) is 6.58 Å². The van der Waals surface area contributed by atoms with E-state index < -0.39 is 0 Å². The Morgan fingerprint density at radius 3 is 2.07 bits per heavy atom. The number of methoxy groups -OCH3 is 2. The summed E-state index contributed by atoms with van der Waals surface area (Å²) in [7, 11) is 2.98. The van der Waals surface area contributed by atoms with Crippen molar-refractivity contribution < 1.29 is 14.6 Å². The molecule has 0 amide bonds. The van der Waals surface area contributed by atoms with E-state index in [1.807, 2.05) is 0 Å². The largest absolute Gasteiger partial charge is 0.502 e. The molecule has 75 valence electrons. The van der Waals surface area contributed by atoms with Gasteiger partial charge in [-0.2, -0.15) is 0 Å². The fraction of sp³-hybridized carbons (Fsp3) is 0.182. The summed E-state index contributed by atoms with van der Waals surface area (Å²) in [4.78, 5) is 0. The number of benzene rings is 1. The van der Waals surface area contributed by atoms with Crippen LogP contribution in [0.3, 0.4) is 0 Å². The highest BCUT2D eigenvalue weighted by atomic mass is 16.5. The predicted octanol–water partition coefficient (Wildman–Crippen LogP) is 2.15. The third-order valence-corrected chi connectivity index (χ3v) is 1.81. The van der Waals surface area contributed by atoms with Crippen molar-refractivity contribution in [1.29, 1.82) is 0 Å². The molecule has 0 heterocycles. The van der Waals surface area contributed by atoms with Gasteiger partial charge in [0.15, 0.2) is 11.5 Å². The minimum absolute atomic E-state index is 0.0104. The minimum atomic E-state index is 0.0104. The average molecular weight is 193 g/mol. The first-order chi connectivity index (χ1) is 6.72. The number of phenols is 1. The van der Waals surface area contributed by atoms with Crippen molar-refractivity contribution in [2.24, 2.45) is 0 Å². The van der Waals surface area contributed by atoms with Gasteiger partial charge in [-0.05, 0) is 17.7 Å². The molecule has 1 rings (SSSR count). The fourth-order valence-corrected chi connectivity index (χ4v) is 1.15. The molecule has 3 heteroatoms. The Morgan fingerprint density at radius 2 is 1.71 bits per heavy atom. The number of hydrogen-bond acceptors (Lipinski definition) is 3. The molecule has 1 N–H and O–H groups in total. The van der Waals surface area contributed by atoms with E-state index in [1.165, 1.54) is 14.2 Å². The Balaban J connectivity index is 3.17. The first-order valence-electron chi connectivity index (χ1n) is 4.13. The van der Waals surface area contributed by atoms with Crippen LogP contribution in [0.1, 0.15) is 5.56 Å². The second-order valence-electron chi connectivity index (χ2n) is 2.68. The van der Waals surface area contributed by atoms with Crippen molar-refractivity contribution in [3.05, 3.63) is 36.8 Å². The molecule has 1 aromatic carbocycles. The van der Waals surface area contributed by atoms with E-state index in [0.29, 0.717) is 11.5 Å². The summed E-state index contributed by atoms with van der Waals surface area (Å²) in [5.74, 6) is 0.783. The van der Waals surface area contributed by atoms with E-state index in [9.17, 15) is 5.11 Å². The van der Waals surface area contributed by atoms with Crippen molar-refractivity contribution in [3.8, 4) is 17.2 Å². The molecule has 0 aromatic heterocycles. The van der Waals surface area contributed by atoms with Gasteiger partial charge in [0.1, 0.15) is 0 Å². The van der Waals surface area contributed by atoms with Crippen LogP contribution in [0.2, 0.25) is 0 Å². The molecule has 0 unspecified atom stereocenters. The van der Waals surface area contributed by atoms with Crippen LogP contribution >= 0.6 is 0 Å². The molecular weight excluding hydrogens is 180 g/mol. The zero-order valence-electron chi connectivity index (χ0n) is 8.28. The smallest absolute Gasteiger partial charge is 0.200 e. The molecule has 3 nitrogen and oxygen atoms in total. The highest BCUT2D eigenvalue weighted by Crippen LogP contribution is 2.37. The molecule has 0 spiro atoms. The van der Waals surface area contributed by atoms with E-state index in [0.717, 1.165) is 5.56 Å². The van der Waals surface area contributed by atoms with Crippen LogP contribution < -0.4 is 9.47 Å². The van der Waals surface area contributed by atoms with Crippen molar-refractivity contribution >= 4 is 0 Å². The van der Waals surface area contributed by atoms with Gasteiger partial charge in [0.2, 0.25) is 5.75 Å². The molecule has 0 aliphatic carbocycles. The van der Waals surface area contributed by atoms with Crippen LogP contribution in [0.4, 0.5) is 0 Å². The molecule has 0 aliphatic rings. The third kappa shape index (κ3) is 1.99. The Morgan fingerprint density at radius 1 is 1.21 bits per heavy atom. The van der Waals surface area contributed by atoms with E-state index in [-0.39, 0.29) is 5.75 Å². The molecule has 0 aliphatic heterocycles. The number of ether oxygens (including phenoxy) is 2. The number of aromatic hydroxyl groups is 1. The van der Waals surface area contributed by atoms with Crippen molar-refractivity contribution in [2.75, 3.05) is 14.2 Å². The van der Waals surface area contributed by atoms with Crippen LogP contribution in [0.25, 0.3) is 0 Å². The second kappa shape index (κ2) is 4.56. The summed E-state index contributed by atoms with van der Waals surface area (Å²) in [6, 6.07) is 3.42. The van der Waals surface area contributed by atoms with Gasteiger partial charge in [0, 0.05) is 6.42 Å². The zero-order chi connectivity index (χ0) is 10.6. The molecule has 0 fully saturated rings. The maximum Gasteiger partial charge on any atom is 0.200 e. The lowest BCUT2D eigenvalue weighted by Gasteiger charge is -2.09. The van der Waals surface area contributed by atoms with E-state index in [4.69, 9.17) is 9.47 Å². The molecule has 0 saturated carbocycles. The topological polar surface area (TPSA) is 38.7 Å². The first-order valence-corrected chi connectivity index (χ1v) is 4.13. The SMILES string of the molecule is C=C[CH]c1cc(OC)c(O)c(OC)c1. The number of hydrogen-bond donors (Lipinski definition) is 1. The molecule has 1 aromatic rings. The summed E-state index contributed by atoms with van der Waals surface area (Å²) < 4.78 is 9.98. The van der Waals surface area contributed by atoms with E-state index >= 15 is 0 Å². The number of allylic oxidation sites excluding steroid dienone is 1. The van der Waals surface area contributed by atoms with Gasteiger partial charge >= 0.3 is 0 Å². The van der Waals surface area contributed by atoms with Crippen LogP contribution in [0.5, 0.6) is 17.2 Å². The lowest BCUT2D eigenvalue weighted by atomic mass is 10.1. The second-order valence-corrected chi connectivity index (χ2v) is 2.68. The molecule has 0 atom stereocenters. The Kier molecular flexibility index (Phi) is 3.40. The summed E-state index contributed by atoms with van der Waals surface area (Å²) in [6.07, 6.45) is 3.45. The minimum Gasteiger partial charge on any atom is -0.502 e. The summed E-state index contributed by atoms with van der Waals surface area (Å²) in [6.45, 7) is 3.59. The van der Waals surface area contributed by atoms with Gasteiger partial charge in [-0.15, -0.1) is 6.58 Å². The van der Waals surface area contributed by atoms with Gasteiger partial charge in [-0.1, -0.05) is 6.08 Å². The fourth-order valence-electron chi connectivity index (χ4n) is 1.15. The average Bonchev–Trinajstić information content (AvgIpc) is 2.20. The van der Waals surface area contributed by atoms with E-state index in [1.54, 1.807) is 24.6 Å². The Bertz CT molecular complexity index is 306. The lowest BCUT2D eigenvalue weighted by Crippen LogP contribution is -1.91. The standard InChI is InChI=1S/C11H13O3/c1-4-5-8-6-9(13-2)11(12)10(7-8)14-3/h4-7,12H,1H2,2-3H3. The van der Waals surface area contributed by atoms with Gasteiger partial charge in [-0.3, -0.25) is 0 Å². The molecule has 1 radical (unpaired) electrons. The first kappa shape index (κ1) is 10.4. The van der Waals surface area contributed by atoms with Gasteiger partial charge in [0.05, 0.1) is 14.2 Å². The van der Waals surface area contributed by atoms with Gasteiger partial charge in [0.25, 0.3) is 0 Å².